The maximum Gasteiger partial charge on any atom is 0.407 e. The van der Waals surface area contributed by atoms with Crippen LogP contribution < -0.4 is 10.1 Å². The third-order valence-corrected chi connectivity index (χ3v) is 2.76. The first-order valence-corrected chi connectivity index (χ1v) is 7.32. The summed E-state index contributed by atoms with van der Waals surface area (Å²) in [4.78, 5) is 27.5. The van der Waals surface area contributed by atoms with Gasteiger partial charge in [0.2, 0.25) is 5.88 Å². The van der Waals surface area contributed by atoms with Crippen molar-refractivity contribution in [3.8, 4) is 5.88 Å². The van der Waals surface area contributed by atoms with Crippen LogP contribution in [0.4, 0.5) is 4.79 Å². The van der Waals surface area contributed by atoms with Crippen molar-refractivity contribution in [1.82, 2.24) is 10.3 Å². The van der Waals surface area contributed by atoms with E-state index in [4.69, 9.17) is 9.47 Å². The summed E-state index contributed by atoms with van der Waals surface area (Å²) in [6, 6.07) is 3.41. The fraction of sp³-hybridized carbons (Fsp3) is 0.562. The second-order valence-corrected chi connectivity index (χ2v) is 5.87. The van der Waals surface area contributed by atoms with E-state index in [9.17, 15) is 9.59 Å². The van der Waals surface area contributed by atoms with E-state index >= 15 is 0 Å². The molecule has 0 spiro atoms. The summed E-state index contributed by atoms with van der Waals surface area (Å²) in [6.07, 6.45) is 2.91. The number of nitrogens with zero attached hydrogens (tertiary/aromatic N) is 1. The number of Topliss-reactive ketones (excluding diaryl/α,β-unsaturated/α-hetero) is 1. The largest absolute Gasteiger partial charge is 0.480 e. The van der Waals surface area contributed by atoms with Crippen LogP contribution in [0.15, 0.2) is 18.3 Å². The van der Waals surface area contributed by atoms with Crippen molar-refractivity contribution in [3.63, 3.8) is 0 Å². The Morgan fingerprint density at radius 1 is 1.27 bits per heavy atom. The Hall–Kier alpha value is -2.11. The van der Waals surface area contributed by atoms with Gasteiger partial charge in [-0.3, -0.25) is 4.79 Å². The molecule has 6 heteroatoms. The molecule has 122 valence electrons. The second-order valence-electron chi connectivity index (χ2n) is 5.87. The second kappa shape index (κ2) is 8.36. The molecule has 0 radical (unpaired) electrons. The van der Waals surface area contributed by atoms with Crippen molar-refractivity contribution in [2.45, 2.75) is 45.6 Å². The number of amides is 1. The number of hydrogen-bond acceptors (Lipinski definition) is 5. The molecular weight excluding hydrogens is 284 g/mol. The molecule has 0 aliphatic rings. The van der Waals surface area contributed by atoms with Gasteiger partial charge in [-0.1, -0.05) is 0 Å². The third-order valence-electron chi connectivity index (χ3n) is 2.76. The van der Waals surface area contributed by atoms with Crippen LogP contribution in [0.2, 0.25) is 0 Å². The van der Waals surface area contributed by atoms with Crippen LogP contribution in [0.5, 0.6) is 5.88 Å². The smallest absolute Gasteiger partial charge is 0.407 e. The number of ether oxygens (including phenoxy) is 2. The molecule has 1 aromatic rings. The van der Waals surface area contributed by atoms with E-state index in [0.717, 1.165) is 0 Å². The summed E-state index contributed by atoms with van der Waals surface area (Å²) in [7, 11) is 1.49. The number of alkyl carbamates (subject to hydrolysis) is 1. The van der Waals surface area contributed by atoms with Crippen LogP contribution in [0.3, 0.4) is 0 Å². The van der Waals surface area contributed by atoms with Crippen LogP contribution in [-0.4, -0.2) is 36.1 Å². The molecule has 0 aliphatic carbocycles. The van der Waals surface area contributed by atoms with Crippen molar-refractivity contribution in [3.05, 3.63) is 23.9 Å². The number of aromatic nitrogens is 1. The minimum atomic E-state index is -0.503. The van der Waals surface area contributed by atoms with Crippen molar-refractivity contribution in [2.75, 3.05) is 13.7 Å². The molecule has 0 fully saturated rings. The molecule has 0 aromatic carbocycles. The zero-order valence-electron chi connectivity index (χ0n) is 13.6. The number of methoxy groups -OCH3 is 1. The molecular formula is C16H24N2O4. The zero-order valence-corrected chi connectivity index (χ0v) is 13.6. The third kappa shape index (κ3) is 6.56. The highest BCUT2D eigenvalue weighted by molar-refractivity contribution is 5.98. The number of rotatable bonds is 7. The molecule has 22 heavy (non-hydrogen) atoms. The molecule has 1 rings (SSSR count). The summed E-state index contributed by atoms with van der Waals surface area (Å²) in [5.74, 6) is 0.335. The number of pyridine rings is 1. The van der Waals surface area contributed by atoms with E-state index in [0.29, 0.717) is 37.3 Å². The highest BCUT2D eigenvalue weighted by Gasteiger charge is 2.16. The molecule has 1 aromatic heterocycles. The zero-order chi connectivity index (χ0) is 16.6. The molecule has 0 atom stereocenters. The summed E-state index contributed by atoms with van der Waals surface area (Å²) >= 11 is 0. The molecule has 0 bridgehead atoms. The number of carbonyl (C=O) groups excluding carboxylic acids is 2. The van der Waals surface area contributed by atoms with Gasteiger partial charge >= 0.3 is 6.09 Å². The average Bonchev–Trinajstić information content (AvgIpc) is 2.44. The van der Waals surface area contributed by atoms with Gasteiger partial charge in [-0.25, -0.2) is 9.78 Å². The van der Waals surface area contributed by atoms with Crippen LogP contribution in [0.25, 0.3) is 0 Å². The highest BCUT2D eigenvalue weighted by atomic mass is 16.6. The average molecular weight is 308 g/mol. The van der Waals surface area contributed by atoms with E-state index in [2.05, 4.69) is 10.3 Å². The maximum atomic E-state index is 12.1. The lowest BCUT2D eigenvalue weighted by molar-refractivity contribution is 0.0527. The number of unbranched alkanes of at least 4 members (excludes halogenated alkanes) is 1. The quantitative estimate of drug-likeness (QED) is 0.619. The molecule has 0 aliphatic heterocycles. The molecule has 1 amide bonds. The van der Waals surface area contributed by atoms with Crippen LogP contribution in [-0.2, 0) is 4.74 Å². The lowest BCUT2D eigenvalue weighted by atomic mass is 10.1. The predicted molar refractivity (Wildman–Crippen MR) is 83.2 cm³/mol. The van der Waals surface area contributed by atoms with Gasteiger partial charge in [-0.15, -0.1) is 0 Å². The van der Waals surface area contributed by atoms with Gasteiger partial charge in [-0.2, -0.15) is 0 Å². The molecule has 1 N–H and O–H groups in total. The monoisotopic (exact) mass is 308 g/mol. The van der Waals surface area contributed by atoms with Gasteiger partial charge in [0, 0.05) is 19.2 Å². The van der Waals surface area contributed by atoms with Gasteiger partial charge < -0.3 is 14.8 Å². The van der Waals surface area contributed by atoms with Crippen molar-refractivity contribution in [1.29, 1.82) is 0 Å². The van der Waals surface area contributed by atoms with E-state index in [1.165, 1.54) is 7.11 Å². The number of hydrogen-bond donors (Lipinski definition) is 1. The van der Waals surface area contributed by atoms with Gasteiger partial charge in [0.25, 0.3) is 0 Å². The van der Waals surface area contributed by atoms with Crippen LogP contribution in [0.1, 0.15) is 50.4 Å². The van der Waals surface area contributed by atoms with E-state index in [-0.39, 0.29) is 5.78 Å². The van der Waals surface area contributed by atoms with Crippen molar-refractivity contribution in [2.24, 2.45) is 0 Å². The number of carbonyl (C=O) groups is 2. The maximum absolute atomic E-state index is 12.1. The highest BCUT2D eigenvalue weighted by Crippen LogP contribution is 2.16. The molecule has 1 heterocycles. The van der Waals surface area contributed by atoms with Crippen LogP contribution in [0, 0.1) is 0 Å². The number of nitrogens with one attached hydrogen (secondary N) is 1. The number of ketones is 1. The van der Waals surface area contributed by atoms with Gasteiger partial charge in [0.1, 0.15) is 5.60 Å². The Morgan fingerprint density at radius 2 is 2.00 bits per heavy atom. The van der Waals surface area contributed by atoms with Gasteiger partial charge in [-0.05, 0) is 45.7 Å². The Balaban J connectivity index is 2.27. The van der Waals surface area contributed by atoms with Gasteiger partial charge in [0.05, 0.1) is 12.7 Å². The summed E-state index contributed by atoms with van der Waals surface area (Å²) < 4.78 is 10.2. The molecule has 6 nitrogen and oxygen atoms in total. The minimum absolute atomic E-state index is 0.0118. The fourth-order valence-electron chi connectivity index (χ4n) is 1.82. The molecule has 0 saturated carbocycles. The summed E-state index contributed by atoms with van der Waals surface area (Å²) in [5.41, 5.74) is -0.0122. The first-order chi connectivity index (χ1) is 10.3. The lowest BCUT2D eigenvalue weighted by Gasteiger charge is -2.19. The van der Waals surface area contributed by atoms with E-state index < -0.39 is 11.7 Å². The molecule has 0 saturated heterocycles. The Labute approximate surface area is 131 Å². The lowest BCUT2D eigenvalue weighted by Crippen LogP contribution is -2.33. The van der Waals surface area contributed by atoms with Crippen LogP contribution >= 0.6 is 0 Å². The Bertz CT molecular complexity index is 509. The normalized spacial score (nSPS) is 10.9. The fourth-order valence-corrected chi connectivity index (χ4v) is 1.82. The SMILES string of the molecule is COc1ncccc1C(=O)CCCCNC(=O)OC(C)(C)C. The van der Waals surface area contributed by atoms with E-state index in [1.54, 1.807) is 18.3 Å². The predicted octanol–water partition coefficient (Wildman–Crippen LogP) is 2.97. The first kappa shape index (κ1) is 17.9. The van der Waals surface area contributed by atoms with Crippen molar-refractivity contribution >= 4 is 11.9 Å². The minimum Gasteiger partial charge on any atom is -0.480 e. The van der Waals surface area contributed by atoms with E-state index in [1.807, 2.05) is 20.8 Å². The molecule has 0 unspecified atom stereocenters. The Kier molecular flexibility index (Phi) is 6.82. The topological polar surface area (TPSA) is 77.5 Å². The Morgan fingerprint density at radius 3 is 2.64 bits per heavy atom. The van der Waals surface area contributed by atoms with Gasteiger partial charge in [0.15, 0.2) is 5.78 Å². The summed E-state index contributed by atoms with van der Waals surface area (Å²) in [5, 5.41) is 2.67. The standard InChI is InChI=1S/C16H24N2O4/c1-16(2,3)22-15(20)18-10-6-5-9-13(19)12-8-7-11-17-14(12)21-4/h7-8,11H,5-6,9-10H2,1-4H3,(H,18,20). The summed E-state index contributed by atoms with van der Waals surface area (Å²) in [6.45, 7) is 5.91. The first-order valence-electron chi connectivity index (χ1n) is 7.32. The van der Waals surface area contributed by atoms with Crippen molar-refractivity contribution < 1.29 is 19.1 Å².